The van der Waals surface area contributed by atoms with E-state index < -0.39 is 0 Å². The molecule has 3 N–H and O–H groups in total. The van der Waals surface area contributed by atoms with Crippen molar-refractivity contribution >= 4 is 33.8 Å². The van der Waals surface area contributed by atoms with Crippen LogP contribution in [-0.2, 0) is 4.79 Å². The van der Waals surface area contributed by atoms with Crippen molar-refractivity contribution in [2.45, 2.75) is 13.8 Å². The number of anilines is 1. The number of hydrogen-bond donors (Lipinski definition) is 3. The van der Waals surface area contributed by atoms with E-state index >= 15 is 0 Å². The van der Waals surface area contributed by atoms with Crippen LogP contribution in [0.3, 0.4) is 0 Å². The van der Waals surface area contributed by atoms with E-state index in [1.165, 1.54) is 0 Å². The van der Waals surface area contributed by atoms with Crippen LogP contribution >= 0.6 is 0 Å². The summed E-state index contributed by atoms with van der Waals surface area (Å²) in [5, 5.41) is 11.0. The molecule has 0 aliphatic carbocycles. The van der Waals surface area contributed by atoms with Gasteiger partial charge in [0.05, 0.1) is 17.3 Å². The van der Waals surface area contributed by atoms with Gasteiger partial charge in [0.1, 0.15) is 11.2 Å². The first-order chi connectivity index (χ1) is 14.6. The number of pyridine rings is 3. The first-order valence-electron chi connectivity index (χ1n) is 9.50. The van der Waals surface area contributed by atoms with E-state index in [0.29, 0.717) is 28.5 Å². The summed E-state index contributed by atoms with van der Waals surface area (Å²) in [6.07, 6.45) is 6.82. The first kappa shape index (κ1) is 17.9. The zero-order chi connectivity index (χ0) is 20.7. The molecule has 0 spiro atoms. The Kier molecular flexibility index (Phi) is 4.20. The zero-order valence-corrected chi connectivity index (χ0v) is 16.3. The van der Waals surface area contributed by atoms with Crippen molar-refractivity contribution in [3.63, 3.8) is 0 Å². The molecule has 5 aromatic heterocycles. The van der Waals surface area contributed by atoms with Gasteiger partial charge in [-0.15, -0.1) is 0 Å². The third kappa shape index (κ3) is 3.16. The minimum Gasteiger partial charge on any atom is -0.324 e. The van der Waals surface area contributed by atoms with Gasteiger partial charge in [0, 0.05) is 35.6 Å². The van der Waals surface area contributed by atoms with Crippen LogP contribution in [0.1, 0.15) is 13.8 Å². The molecule has 0 unspecified atom stereocenters. The van der Waals surface area contributed by atoms with Crippen molar-refractivity contribution in [2.24, 2.45) is 5.92 Å². The van der Waals surface area contributed by atoms with Crippen LogP contribution in [0, 0.1) is 5.92 Å². The molecular weight excluding hydrogens is 380 g/mol. The highest BCUT2D eigenvalue weighted by atomic mass is 16.1. The lowest BCUT2D eigenvalue weighted by Gasteiger charge is -2.09. The highest BCUT2D eigenvalue weighted by molar-refractivity contribution is 5.94. The van der Waals surface area contributed by atoms with Crippen LogP contribution < -0.4 is 5.32 Å². The maximum atomic E-state index is 12.0. The van der Waals surface area contributed by atoms with Crippen LogP contribution in [0.4, 0.5) is 5.69 Å². The molecule has 0 atom stereocenters. The van der Waals surface area contributed by atoms with Crippen molar-refractivity contribution < 1.29 is 4.79 Å². The average Bonchev–Trinajstić information content (AvgIpc) is 3.37. The lowest BCUT2D eigenvalue weighted by molar-refractivity contribution is -0.118. The second-order valence-electron chi connectivity index (χ2n) is 7.26. The van der Waals surface area contributed by atoms with E-state index in [4.69, 9.17) is 0 Å². The van der Waals surface area contributed by atoms with Gasteiger partial charge in [0.2, 0.25) is 5.91 Å². The topological polar surface area (TPSA) is 125 Å². The van der Waals surface area contributed by atoms with E-state index in [-0.39, 0.29) is 11.8 Å². The summed E-state index contributed by atoms with van der Waals surface area (Å²) in [7, 11) is 0. The quantitative estimate of drug-likeness (QED) is 0.425. The molecule has 9 heteroatoms. The maximum absolute atomic E-state index is 12.0. The Morgan fingerprint density at radius 2 is 1.93 bits per heavy atom. The predicted octanol–water partition coefficient (Wildman–Crippen LogP) is 3.55. The summed E-state index contributed by atoms with van der Waals surface area (Å²) in [6, 6.07) is 7.59. The summed E-state index contributed by atoms with van der Waals surface area (Å²) in [6.45, 7) is 3.69. The number of nitrogens with one attached hydrogen (secondary N) is 3. The lowest BCUT2D eigenvalue weighted by atomic mass is 10.1. The Hall–Kier alpha value is -4.14. The van der Waals surface area contributed by atoms with Crippen LogP contribution in [0.15, 0.2) is 49.1 Å². The van der Waals surface area contributed by atoms with E-state index in [9.17, 15) is 4.79 Å². The number of aromatic amines is 2. The number of carbonyl (C=O) groups excluding carboxylic acids is 1. The second-order valence-corrected chi connectivity index (χ2v) is 7.26. The van der Waals surface area contributed by atoms with Gasteiger partial charge in [-0.3, -0.25) is 14.9 Å². The molecule has 0 saturated carbocycles. The second kappa shape index (κ2) is 7.03. The van der Waals surface area contributed by atoms with E-state index in [1.807, 2.05) is 38.1 Å². The minimum absolute atomic E-state index is 0.0573. The maximum Gasteiger partial charge on any atom is 0.226 e. The van der Waals surface area contributed by atoms with Gasteiger partial charge >= 0.3 is 0 Å². The van der Waals surface area contributed by atoms with E-state index in [0.717, 1.165) is 22.0 Å². The fraction of sp³-hybridized carbons (Fsp3) is 0.143. The van der Waals surface area contributed by atoms with Crippen LogP contribution in [0.5, 0.6) is 0 Å². The average molecular weight is 398 g/mol. The number of imidazole rings is 1. The molecule has 0 bridgehead atoms. The molecule has 9 nitrogen and oxygen atoms in total. The number of H-pyrrole nitrogens is 2. The Balaban J connectivity index is 1.55. The number of amides is 1. The molecule has 5 rings (SSSR count). The van der Waals surface area contributed by atoms with Crippen molar-refractivity contribution in [1.29, 1.82) is 0 Å². The molecule has 0 fully saturated rings. The fourth-order valence-corrected chi connectivity index (χ4v) is 3.15. The SMILES string of the molecule is CC(C)C(=O)Nc1cncc(-c2cnc3[nH]nc(-c4nc5cccnc5[nH]4)c3c2)c1. The van der Waals surface area contributed by atoms with Gasteiger partial charge in [-0.25, -0.2) is 15.0 Å². The minimum atomic E-state index is -0.113. The molecule has 5 aromatic rings. The molecule has 0 aromatic carbocycles. The Labute approximate surface area is 171 Å². The van der Waals surface area contributed by atoms with Crippen molar-refractivity contribution in [1.82, 2.24) is 35.1 Å². The molecule has 5 heterocycles. The van der Waals surface area contributed by atoms with Crippen LogP contribution in [-0.4, -0.2) is 41.0 Å². The number of carbonyl (C=O) groups is 1. The van der Waals surface area contributed by atoms with Gasteiger partial charge in [-0.05, 0) is 24.3 Å². The predicted molar refractivity (Wildman–Crippen MR) is 113 cm³/mol. The van der Waals surface area contributed by atoms with Crippen molar-refractivity contribution in [3.8, 4) is 22.6 Å². The Morgan fingerprint density at radius 3 is 2.77 bits per heavy atom. The molecule has 0 aliphatic rings. The smallest absolute Gasteiger partial charge is 0.226 e. The highest BCUT2D eigenvalue weighted by Crippen LogP contribution is 2.29. The van der Waals surface area contributed by atoms with Crippen LogP contribution in [0.25, 0.3) is 44.8 Å². The van der Waals surface area contributed by atoms with E-state index in [1.54, 1.807) is 24.8 Å². The van der Waals surface area contributed by atoms with Gasteiger partial charge in [-0.2, -0.15) is 5.10 Å². The standard InChI is InChI=1S/C21H18N8O/c1-11(2)21(30)25-14-6-12(8-22-10-14)13-7-15-17(28-29-18(15)24-9-13)20-26-16-4-3-5-23-19(16)27-20/h3-11H,1-2H3,(H,25,30)(H,23,26,27)(H,24,28,29). The molecule has 148 valence electrons. The molecule has 0 saturated heterocycles. The van der Waals surface area contributed by atoms with Crippen LogP contribution in [0.2, 0.25) is 0 Å². The molecule has 30 heavy (non-hydrogen) atoms. The Morgan fingerprint density at radius 1 is 1.07 bits per heavy atom. The monoisotopic (exact) mass is 398 g/mol. The fourth-order valence-electron chi connectivity index (χ4n) is 3.15. The van der Waals surface area contributed by atoms with Gasteiger partial charge in [0.25, 0.3) is 0 Å². The number of nitrogens with zero attached hydrogens (tertiary/aromatic N) is 5. The summed E-state index contributed by atoms with van der Waals surface area (Å²) in [5.74, 6) is 0.446. The number of hydrogen-bond acceptors (Lipinski definition) is 6. The summed E-state index contributed by atoms with van der Waals surface area (Å²) in [4.78, 5) is 32.8. The molecular formula is C21H18N8O. The van der Waals surface area contributed by atoms with Gasteiger partial charge in [0.15, 0.2) is 17.1 Å². The first-order valence-corrected chi connectivity index (χ1v) is 9.50. The van der Waals surface area contributed by atoms with E-state index in [2.05, 4.69) is 40.4 Å². The molecule has 0 aliphatic heterocycles. The van der Waals surface area contributed by atoms with Gasteiger partial charge in [-0.1, -0.05) is 13.8 Å². The van der Waals surface area contributed by atoms with Gasteiger partial charge < -0.3 is 10.3 Å². The summed E-state index contributed by atoms with van der Waals surface area (Å²) >= 11 is 0. The van der Waals surface area contributed by atoms with Crippen molar-refractivity contribution in [2.75, 3.05) is 5.32 Å². The number of fused-ring (bicyclic) bond motifs is 2. The third-order valence-corrected chi connectivity index (χ3v) is 4.76. The zero-order valence-electron chi connectivity index (χ0n) is 16.3. The summed E-state index contributed by atoms with van der Waals surface area (Å²) < 4.78 is 0. The highest BCUT2D eigenvalue weighted by Gasteiger charge is 2.15. The van der Waals surface area contributed by atoms with Crippen molar-refractivity contribution in [3.05, 3.63) is 49.1 Å². The largest absolute Gasteiger partial charge is 0.324 e. The normalized spacial score (nSPS) is 11.4. The third-order valence-electron chi connectivity index (χ3n) is 4.76. The Bertz CT molecular complexity index is 1350. The lowest BCUT2D eigenvalue weighted by Crippen LogP contribution is -2.17. The summed E-state index contributed by atoms with van der Waals surface area (Å²) in [5.41, 5.74) is 5.11. The number of aromatic nitrogens is 7. The number of rotatable bonds is 4. The molecule has 1 amide bonds. The molecule has 0 radical (unpaired) electrons.